The van der Waals surface area contributed by atoms with Crippen LogP contribution in [0.4, 0.5) is 0 Å². The van der Waals surface area contributed by atoms with Crippen LogP contribution in [0.15, 0.2) is 0 Å². The molecule has 8 fully saturated rings. The van der Waals surface area contributed by atoms with Gasteiger partial charge < -0.3 is 64.5 Å². The Balaban J connectivity index is 1.02. The van der Waals surface area contributed by atoms with E-state index in [1.54, 1.807) is 13.8 Å². The van der Waals surface area contributed by atoms with Crippen LogP contribution in [0.5, 0.6) is 0 Å². The number of aliphatic hydroxyl groups excluding tert-OH is 7. The zero-order valence-electron chi connectivity index (χ0n) is 32.6. The van der Waals surface area contributed by atoms with E-state index in [1.165, 1.54) is 0 Å². The highest BCUT2D eigenvalue weighted by molar-refractivity contribution is 5.33. The summed E-state index contributed by atoms with van der Waals surface area (Å²) in [5.41, 5.74) is -2.49. The second-order valence-electron chi connectivity index (χ2n) is 20.6. The van der Waals surface area contributed by atoms with Crippen LogP contribution in [0.2, 0.25) is 0 Å². The molecule has 304 valence electrons. The molecule has 2 spiro atoms. The van der Waals surface area contributed by atoms with Gasteiger partial charge in [-0.1, -0.05) is 27.7 Å². The summed E-state index contributed by atoms with van der Waals surface area (Å²) in [7, 11) is 0. The second kappa shape index (κ2) is 12.5. The Morgan fingerprint density at radius 3 is 1.96 bits per heavy atom. The second-order valence-corrected chi connectivity index (χ2v) is 20.6. The summed E-state index contributed by atoms with van der Waals surface area (Å²) in [5.74, 6) is 0.0830. The smallest absolute Gasteiger partial charge is 0.186 e. The van der Waals surface area contributed by atoms with Crippen LogP contribution in [0, 0.1) is 44.8 Å². The Morgan fingerprint density at radius 2 is 1.30 bits per heavy atom. The van der Waals surface area contributed by atoms with Crippen molar-refractivity contribution in [2.24, 2.45) is 44.8 Å². The van der Waals surface area contributed by atoms with Gasteiger partial charge in [0.15, 0.2) is 12.6 Å². The minimum Gasteiger partial charge on any atom is -0.393 e. The standard InChI is InChI=1S/C40H66O13/c1-34(2)24(51-33-29(27(46)22(44)17-50-33)52-32-28(47)26(45)21(43)16-49-32)9-11-40-18-39(40)13-12-36(5)31(38(7)10-8-25(53-38)35(3,4)48)20(42)15-37(36,6)23(39)14-19(41)30(34)40/h19-33,41-48H,8-18H2,1-7H3. The highest BCUT2D eigenvalue weighted by atomic mass is 16.7. The van der Waals surface area contributed by atoms with E-state index in [-0.39, 0.29) is 58.7 Å². The summed E-state index contributed by atoms with van der Waals surface area (Å²) in [4.78, 5) is 0. The highest BCUT2D eigenvalue weighted by Gasteiger charge is 2.85. The number of rotatable bonds is 6. The predicted octanol–water partition coefficient (Wildman–Crippen LogP) is 1.36. The van der Waals surface area contributed by atoms with Gasteiger partial charge in [0.05, 0.1) is 48.8 Å². The van der Waals surface area contributed by atoms with Crippen molar-refractivity contribution in [3.8, 4) is 0 Å². The van der Waals surface area contributed by atoms with E-state index in [0.717, 1.165) is 38.5 Å². The maximum atomic E-state index is 12.4. The maximum Gasteiger partial charge on any atom is 0.186 e. The van der Waals surface area contributed by atoms with E-state index in [9.17, 15) is 40.9 Å². The monoisotopic (exact) mass is 754 g/mol. The first-order valence-electron chi connectivity index (χ1n) is 20.3. The molecule has 0 bridgehead atoms. The molecule has 3 heterocycles. The first-order valence-corrected chi connectivity index (χ1v) is 20.3. The van der Waals surface area contributed by atoms with Gasteiger partial charge in [-0.05, 0) is 117 Å². The van der Waals surface area contributed by atoms with E-state index in [1.807, 2.05) is 0 Å². The largest absolute Gasteiger partial charge is 0.393 e. The van der Waals surface area contributed by atoms with Crippen molar-refractivity contribution < 1.29 is 64.5 Å². The van der Waals surface area contributed by atoms with Gasteiger partial charge in [-0.15, -0.1) is 0 Å². The lowest BCUT2D eigenvalue weighted by Crippen LogP contribution is -2.64. The molecule has 0 amide bonds. The van der Waals surface area contributed by atoms with Gasteiger partial charge in [0.2, 0.25) is 0 Å². The zero-order valence-corrected chi connectivity index (χ0v) is 32.6. The van der Waals surface area contributed by atoms with Crippen molar-refractivity contribution in [1.29, 1.82) is 0 Å². The first kappa shape index (κ1) is 39.3. The van der Waals surface area contributed by atoms with Crippen LogP contribution in [-0.2, 0) is 23.7 Å². The van der Waals surface area contributed by atoms with Gasteiger partial charge in [-0.2, -0.15) is 0 Å². The Labute approximate surface area is 313 Å². The normalized spacial score (nSPS) is 59.0. The highest BCUT2D eigenvalue weighted by Crippen LogP contribution is 2.89. The lowest BCUT2D eigenvalue weighted by molar-refractivity contribution is -0.356. The molecule has 20 unspecified atom stereocenters. The Morgan fingerprint density at radius 1 is 0.642 bits per heavy atom. The third kappa shape index (κ3) is 5.42. The molecule has 8 N–H and O–H groups in total. The summed E-state index contributed by atoms with van der Waals surface area (Å²) in [6.07, 6.45) is -5.29. The van der Waals surface area contributed by atoms with Crippen molar-refractivity contribution in [1.82, 2.24) is 0 Å². The topological polar surface area (TPSA) is 208 Å². The fourth-order valence-corrected chi connectivity index (χ4v) is 14.6. The number of aliphatic hydroxyl groups is 8. The summed E-state index contributed by atoms with van der Waals surface area (Å²) >= 11 is 0. The van der Waals surface area contributed by atoms with Crippen LogP contribution in [-0.4, -0.2) is 139 Å². The van der Waals surface area contributed by atoms with Gasteiger partial charge in [-0.3, -0.25) is 0 Å². The molecule has 13 nitrogen and oxygen atoms in total. The lowest BCUT2D eigenvalue weighted by Gasteiger charge is -2.64. The van der Waals surface area contributed by atoms with E-state index in [0.29, 0.717) is 19.3 Å². The molecule has 13 heteroatoms. The first-order chi connectivity index (χ1) is 24.6. The quantitative estimate of drug-likeness (QED) is 0.181. The van der Waals surface area contributed by atoms with Crippen molar-refractivity contribution >= 4 is 0 Å². The molecule has 53 heavy (non-hydrogen) atoms. The van der Waals surface area contributed by atoms with Crippen LogP contribution in [0.1, 0.15) is 106 Å². The maximum absolute atomic E-state index is 12.4. The number of ether oxygens (including phenoxy) is 5. The SMILES string of the molecule is CC(C)(O)C1CCC(C)(C2C(O)CC3(C)C4CC(O)C5C(C)(C)C(OC6OCC(O)C(O)C6OC6OCC(O)C(O)C6O)CCC56CC46CCC23C)O1. The van der Waals surface area contributed by atoms with Crippen LogP contribution >= 0.6 is 0 Å². The Kier molecular flexibility index (Phi) is 9.27. The summed E-state index contributed by atoms with van der Waals surface area (Å²) < 4.78 is 30.7. The molecular weight excluding hydrogens is 688 g/mol. The van der Waals surface area contributed by atoms with Gasteiger partial charge in [0.25, 0.3) is 0 Å². The van der Waals surface area contributed by atoms with E-state index < -0.39 is 84.1 Å². The average molecular weight is 755 g/mol. The third-order valence-corrected chi connectivity index (χ3v) is 17.2. The Hall–Kier alpha value is -0.520. The minimum absolute atomic E-state index is 0.0439. The molecule has 3 aliphatic heterocycles. The number of hydrogen-bond donors (Lipinski definition) is 8. The summed E-state index contributed by atoms with van der Waals surface area (Å²) in [6.45, 7) is 14.3. The molecule has 0 aromatic rings. The fraction of sp³-hybridized carbons (Fsp3) is 1.00. The molecule has 8 aliphatic rings. The van der Waals surface area contributed by atoms with Gasteiger partial charge >= 0.3 is 0 Å². The minimum atomic E-state index is -1.60. The summed E-state index contributed by atoms with van der Waals surface area (Å²) in [5, 5.41) is 87.4. The molecular formula is C40H66O13. The van der Waals surface area contributed by atoms with Crippen molar-refractivity contribution in [2.45, 2.75) is 191 Å². The Bertz CT molecular complexity index is 1410. The fourth-order valence-electron chi connectivity index (χ4n) is 14.6. The lowest BCUT2D eigenvalue weighted by atomic mass is 9.41. The van der Waals surface area contributed by atoms with Crippen LogP contribution in [0.3, 0.4) is 0 Å². The van der Waals surface area contributed by atoms with E-state index >= 15 is 0 Å². The molecule has 3 saturated heterocycles. The molecule has 5 saturated carbocycles. The molecule has 0 radical (unpaired) electrons. The molecule has 5 aliphatic carbocycles. The van der Waals surface area contributed by atoms with Crippen molar-refractivity contribution in [2.75, 3.05) is 13.2 Å². The van der Waals surface area contributed by atoms with Crippen molar-refractivity contribution in [3.63, 3.8) is 0 Å². The van der Waals surface area contributed by atoms with E-state index in [4.69, 9.17) is 23.7 Å². The number of fused-ring (bicyclic) bond motifs is 2. The number of hydrogen-bond acceptors (Lipinski definition) is 13. The van der Waals surface area contributed by atoms with Gasteiger partial charge in [-0.25, -0.2) is 0 Å². The molecule has 20 atom stereocenters. The molecule has 0 aromatic carbocycles. The third-order valence-electron chi connectivity index (χ3n) is 17.2. The van der Waals surface area contributed by atoms with Gasteiger partial charge in [0.1, 0.15) is 36.6 Å². The zero-order chi connectivity index (χ0) is 38.5. The van der Waals surface area contributed by atoms with Crippen LogP contribution < -0.4 is 0 Å². The van der Waals surface area contributed by atoms with Gasteiger partial charge in [0, 0.05) is 5.92 Å². The summed E-state index contributed by atoms with van der Waals surface area (Å²) in [6, 6.07) is 0. The molecule has 8 rings (SSSR count). The van der Waals surface area contributed by atoms with Crippen molar-refractivity contribution in [3.05, 3.63) is 0 Å². The predicted molar refractivity (Wildman–Crippen MR) is 188 cm³/mol. The van der Waals surface area contributed by atoms with Crippen LogP contribution in [0.25, 0.3) is 0 Å². The average Bonchev–Trinajstić information content (AvgIpc) is 3.42. The molecule has 0 aromatic heterocycles. The van der Waals surface area contributed by atoms with E-state index in [2.05, 4.69) is 34.6 Å².